The number of hydrogen-bond donors (Lipinski definition) is 0. The minimum Gasteiger partial charge on any atom is -0.492 e. The van der Waals surface area contributed by atoms with Gasteiger partial charge >= 0.3 is 0 Å². The van der Waals surface area contributed by atoms with Crippen LogP contribution in [0.5, 0.6) is 5.75 Å². The molecule has 6 rings (SSSR count). The van der Waals surface area contributed by atoms with E-state index in [0.717, 1.165) is 25.3 Å². The molecule has 1 unspecified atom stereocenters. The van der Waals surface area contributed by atoms with Crippen LogP contribution in [0, 0.1) is 5.41 Å². The van der Waals surface area contributed by atoms with Gasteiger partial charge in [-0.05, 0) is 103 Å². The number of fused-ring (bicyclic) bond motifs is 2. The first-order chi connectivity index (χ1) is 16.3. The van der Waals surface area contributed by atoms with E-state index in [9.17, 15) is 0 Å². The van der Waals surface area contributed by atoms with Crippen molar-refractivity contribution in [3.05, 3.63) is 101 Å². The molecule has 2 heteroatoms. The van der Waals surface area contributed by atoms with Crippen LogP contribution in [0.4, 0.5) is 0 Å². The first-order valence-corrected chi connectivity index (χ1v) is 12.9. The second-order valence-corrected chi connectivity index (χ2v) is 10.5. The summed E-state index contributed by atoms with van der Waals surface area (Å²) < 4.78 is 6.08. The van der Waals surface area contributed by atoms with Gasteiger partial charge in [0.05, 0.1) is 0 Å². The normalized spacial score (nSPS) is 21.2. The number of benzene rings is 3. The summed E-state index contributed by atoms with van der Waals surface area (Å²) in [6.07, 6.45) is 8.80. The van der Waals surface area contributed by atoms with E-state index >= 15 is 0 Å². The van der Waals surface area contributed by atoms with Gasteiger partial charge in [-0.1, -0.05) is 67.1 Å². The Hall–Kier alpha value is -2.58. The maximum Gasteiger partial charge on any atom is 0.119 e. The number of hydrogen-bond acceptors (Lipinski definition) is 2. The van der Waals surface area contributed by atoms with Gasteiger partial charge in [0, 0.05) is 6.54 Å². The zero-order valence-electron chi connectivity index (χ0n) is 19.6. The Balaban J connectivity index is 1.16. The molecule has 2 aliphatic carbocycles. The highest BCUT2D eigenvalue weighted by Crippen LogP contribution is 2.55. The summed E-state index contributed by atoms with van der Waals surface area (Å²) in [4.78, 5) is 2.54. The van der Waals surface area contributed by atoms with E-state index < -0.39 is 0 Å². The molecule has 1 heterocycles. The molecule has 0 aromatic heterocycles. The maximum atomic E-state index is 6.08. The first-order valence-electron chi connectivity index (χ1n) is 12.9. The van der Waals surface area contributed by atoms with Gasteiger partial charge in [-0.15, -0.1) is 0 Å². The fourth-order valence-electron chi connectivity index (χ4n) is 6.72. The molecule has 2 nitrogen and oxygen atoms in total. The lowest BCUT2D eigenvalue weighted by atomic mass is 9.71. The van der Waals surface area contributed by atoms with Crippen molar-refractivity contribution in [2.45, 2.75) is 50.9 Å². The second-order valence-electron chi connectivity index (χ2n) is 10.5. The highest BCUT2D eigenvalue weighted by atomic mass is 16.5. The Morgan fingerprint density at radius 1 is 0.727 bits per heavy atom. The Bertz CT molecular complexity index is 1070. The lowest BCUT2D eigenvalue weighted by molar-refractivity contribution is 0.183. The minimum atomic E-state index is 0.330. The average molecular weight is 438 g/mol. The van der Waals surface area contributed by atoms with Gasteiger partial charge in [0.25, 0.3) is 0 Å². The molecule has 0 saturated carbocycles. The van der Waals surface area contributed by atoms with E-state index in [0.29, 0.717) is 11.3 Å². The van der Waals surface area contributed by atoms with Gasteiger partial charge in [-0.2, -0.15) is 0 Å². The van der Waals surface area contributed by atoms with E-state index in [2.05, 4.69) is 77.7 Å². The molecule has 1 atom stereocenters. The van der Waals surface area contributed by atoms with Crippen LogP contribution in [-0.2, 0) is 25.7 Å². The fourth-order valence-corrected chi connectivity index (χ4v) is 6.72. The summed E-state index contributed by atoms with van der Waals surface area (Å²) in [6.45, 7) is 4.30. The molecular weight excluding hydrogens is 402 g/mol. The number of nitrogens with zero attached hydrogens (tertiary/aromatic N) is 1. The van der Waals surface area contributed by atoms with Crippen LogP contribution in [0.2, 0.25) is 0 Å². The Morgan fingerprint density at radius 2 is 1.36 bits per heavy atom. The predicted octanol–water partition coefficient (Wildman–Crippen LogP) is 6.22. The van der Waals surface area contributed by atoms with Crippen molar-refractivity contribution in [2.24, 2.45) is 5.41 Å². The smallest absolute Gasteiger partial charge is 0.119 e. The molecule has 3 aromatic rings. The third kappa shape index (κ3) is 4.22. The molecule has 1 aliphatic heterocycles. The van der Waals surface area contributed by atoms with Crippen molar-refractivity contribution in [2.75, 3.05) is 26.2 Å². The molecule has 0 amide bonds. The van der Waals surface area contributed by atoms with Gasteiger partial charge in [0.2, 0.25) is 0 Å². The van der Waals surface area contributed by atoms with Gasteiger partial charge in [-0.25, -0.2) is 0 Å². The zero-order valence-corrected chi connectivity index (χ0v) is 19.6. The monoisotopic (exact) mass is 437 g/mol. The minimum absolute atomic E-state index is 0.330. The quantitative estimate of drug-likeness (QED) is 0.454. The molecule has 0 bridgehead atoms. The molecule has 3 aliphatic rings. The standard InChI is InChI=1S/C31H35NO/c1-6-16-32(17-7-1)18-19-33-28-14-12-24(13-15-28)20-30-29-11-5-4-10-27(29)23-31(30)21-25-8-2-3-9-26(25)22-31/h2-5,8-15,30H,1,6-7,16-23H2. The van der Waals surface area contributed by atoms with E-state index in [-0.39, 0.29) is 0 Å². The van der Waals surface area contributed by atoms with Crippen LogP contribution in [0.25, 0.3) is 0 Å². The Morgan fingerprint density at radius 3 is 2.09 bits per heavy atom. The van der Waals surface area contributed by atoms with Crippen LogP contribution in [-0.4, -0.2) is 31.1 Å². The number of ether oxygens (including phenoxy) is 1. The van der Waals surface area contributed by atoms with Crippen molar-refractivity contribution in [3.8, 4) is 5.75 Å². The summed E-state index contributed by atoms with van der Waals surface area (Å²) in [6, 6.07) is 27.3. The molecule has 3 aromatic carbocycles. The highest BCUT2D eigenvalue weighted by Gasteiger charge is 2.48. The van der Waals surface area contributed by atoms with Crippen LogP contribution >= 0.6 is 0 Å². The maximum absolute atomic E-state index is 6.08. The third-order valence-electron chi connectivity index (χ3n) is 8.40. The van der Waals surface area contributed by atoms with E-state index in [1.807, 2.05) is 0 Å². The van der Waals surface area contributed by atoms with Crippen molar-refractivity contribution in [3.63, 3.8) is 0 Å². The zero-order chi connectivity index (χ0) is 22.1. The molecular formula is C31H35NO. The van der Waals surface area contributed by atoms with Gasteiger partial charge in [-0.3, -0.25) is 4.90 Å². The Kier molecular flexibility index (Phi) is 5.72. The van der Waals surface area contributed by atoms with Crippen LogP contribution < -0.4 is 4.74 Å². The van der Waals surface area contributed by atoms with Crippen molar-refractivity contribution >= 4 is 0 Å². The van der Waals surface area contributed by atoms with Crippen molar-refractivity contribution < 1.29 is 4.74 Å². The van der Waals surface area contributed by atoms with Gasteiger partial charge in [0.1, 0.15) is 12.4 Å². The van der Waals surface area contributed by atoms with Gasteiger partial charge in [0.15, 0.2) is 0 Å². The Labute approximate surface area is 198 Å². The van der Waals surface area contributed by atoms with Crippen LogP contribution in [0.15, 0.2) is 72.8 Å². The van der Waals surface area contributed by atoms with E-state index in [1.54, 1.807) is 22.3 Å². The second kappa shape index (κ2) is 8.99. The highest BCUT2D eigenvalue weighted by molar-refractivity contribution is 5.46. The lowest BCUT2D eigenvalue weighted by Crippen LogP contribution is -2.33. The summed E-state index contributed by atoms with van der Waals surface area (Å²) in [5.74, 6) is 1.58. The average Bonchev–Trinajstić information content (AvgIpc) is 3.37. The summed E-state index contributed by atoms with van der Waals surface area (Å²) in [5, 5.41) is 0. The third-order valence-corrected chi connectivity index (χ3v) is 8.40. The number of likely N-dealkylation sites (tertiary alicyclic amines) is 1. The van der Waals surface area contributed by atoms with Crippen LogP contribution in [0.1, 0.15) is 53.0 Å². The SMILES string of the molecule is c1ccc2c(c1)CC1(C2)Cc2ccccc2C1Cc1ccc(OCCN2CCCCC2)cc1. The number of piperidine rings is 1. The lowest BCUT2D eigenvalue weighted by Gasteiger charge is -2.32. The summed E-state index contributed by atoms with van der Waals surface area (Å²) in [7, 11) is 0. The summed E-state index contributed by atoms with van der Waals surface area (Å²) >= 11 is 0. The van der Waals surface area contributed by atoms with E-state index in [4.69, 9.17) is 4.74 Å². The molecule has 33 heavy (non-hydrogen) atoms. The molecule has 1 spiro atoms. The molecule has 170 valence electrons. The van der Waals surface area contributed by atoms with Crippen molar-refractivity contribution in [1.82, 2.24) is 4.90 Å². The summed E-state index contributed by atoms with van der Waals surface area (Å²) in [5.41, 5.74) is 8.02. The molecule has 0 radical (unpaired) electrons. The van der Waals surface area contributed by atoms with E-state index in [1.165, 1.54) is 57.2 Å². The molecule has 0 N–H and O–H groups in total. The fraction of sp³-hybridized carbons (Fsp3) is 0.419. The molecule has 1 saturated heterocycles. The number of rotatable bonds is 6. The largest absolute Gasteiger partial charge is 0.492 e. The topological polar surface area (TPSA) is 12.5 Å². The predicted molar refractivity (Wildman–Crippen MR) is 135 cm³/mol. The van der Waals surface area contributed by atoms with Crippen molar-refractivity contribution in [1.29, 1.82) is 0 Å². The van der Waals surface area contributed by atoms with Crippen LogP contribution in [0.3, 0.4) is 0 Å². The first kappa shape index (κ1) is 21.0. The van der Waals surface area contributed by atoms with Gasteiger partial charge < -0.3 is 4.74 Å². The molecule has 1 fully saturated rings.